The van der Waals surface area contributed by atoms with E-state index < -0.39 is 53.0 Å². The van der Waals surface area contributed by atoms with Crippen LogP contribution >= 0.6 is 0 Å². The fraction of sp³-hybridized carbons (Fsp3) is 0.167. The van der Waals surface area contributed by atoms with Crippen LogP contribution in [0.3, 0.4) is 0 Å². The SMILES string of the molecule is CC(=O)[O-].FC(F)(F)C1=CC=C=C[CH]1.FC(F)(F)C1=CC=C=C[CH]1.FC(F)(F)C1=CC=C=C[CH]1.FC(F)(F)C1=CC=C=C[CH]1.[Sb]. The predicted octanol–water partition coefficient (Wildman–Crippen LogP) is 7.99. The normalized spacial score (nSPS) is 15.9. The zero-order valence-corrected chi connectivity index (χ0v) is 25.1. The number of carboxylic acid groups (broad SMARTS) is 1. The van der Waals surface area contributed by atoms with Gasteiger partial charge in [-0.1, -0.05) is 0 Å². The van der Waals surface area contributed by atoms with E-state index in [1.165, 1.54) is 48.6 Å². The fourth-order valence-corrected chi connectivity index (χ4v) is 2.30. The Morgan fingerprint density at radius 3 is 0.689 bits per heavy atom. The molecule has 7 radical (unpaired) electrons. The number of hydrogen-bond donors (Lipinski definition) is 0. The molecule has 0 bridgehead atoms. The summed E-state index contributed by atoms with van der Waals surface area (Å²) in [6.45, 7) is 0.972. The zero-order valence-electron chi connectivity index (χ0n) is 22.5. The Bertz CT molecular complexity index is 1160. The Morgan fingerprint density at radius 2 is 0.622 bits per heavy atom. The largest absolute Gasteiger partial charge is 0.550 e. The van der Waals surface area contributed by atoms with Crippen molar-refractivity contribution in [2.24, 2.45) is 0 Å². The van der Waals surface area contributed by atoms with Gasteiger partial charge in [0.05, 0.1) is 0 Å². The second-order valence-electron chi connectivity index (χ2n) is 7.64. The molecule has 0 unspecified atom stereocenters. The Labute approximate surface area is 268 Å². The van der Waals surface area contributed by atoms with Crippen molar-refractivity contribution in [2.75, 3.05) is 0 Å². The molecule has 0 heterocycles. The van der Waals surface area contributed by atoms with Crippen LogP contribution in [-0.4, -0.2) is 55.1 Å². The molecule has 0 amide bonds. The van der Waals surface area contributed by atoms with Crippen LogP contribution in [0.4, 0.5) is 52.7 Å². The molecule has 15 heteroatoms. The maximum atomic E-state index is 11.8. The van der Waals surface area contributed by atoms with E-state index in [4.69, 9.17) is 9.90 Å². The molecule has 241 valence electrons. The molecule has 0 spiro atoms. The zero-order chi connectivity index (χ0) is 34.0. The van der Waals surface area contributed by atoms with Gasteiger partial charge in [0, 0.05) is 78.4 Å². The molecule has 4 aliphatic rings. The molecule has 0 atom stereocenters. The summed E-state index contributed by atoms with van der Waals surface area (Å²) in [4.78, 5) is 8.89. The van der Waals surface area contributed by atoms with Gasteiger partial charge in [-0.25, -0.2) is 0 Å². The minimum absolute atomic E-state index is 0. The van der Waals surface area contributed by atoms with Crippen LogP contribution < -0.4 is 5.11 Å². The molecule has 0 saturated carbocycles. The molecule has 4 rings (SSSR count). The number of aliphatic carboxylic acids is 1. The minimum Gasteiger partial charge on any atom is -0.550 e. The number of rotatable bonds is 0. The van der Waals surface area contributed by atoms with Crippen LogP contribution in [0.15, 0.2) is 118 Å². The van der Waals surface area contributed by atoms with Crippen molar-refractivity contribution >= 4 is 30.4 Å². The van der Waals surface area contributed by atoms with Gasteiger partial charge in [0.2, 0.25) is 0 Å². The van der Waals surface area contributed by atoms with Crippen LogP contribution in [0.25, 0.3) is 0 Å². The van der Waals surface area contributed by atoms with Gasteiger partial charge in [0.15, 0.2) is 0 Å². The number of carboxylic acids is 1. The van der Waals surface area contributed by atoms with E-state index >= 15 is 0 Å². The second-order valence-corrected chi connectivity index (χ2v) is 7.64. The van der Waals surface area contributed by atoms with E-state index in [1.54, 1.807) is 0 Å². The molecule has 0 aliphatic heterocycles. The molecular formula is C30H19F12O2Sb-. The summed E-state index contributed by atoms with van der Waals surface area (Å²) in [5.74, 6) is -1.08. The van der Waals surface area contributed by atoms with Crippen molar-refractivity contribution in [3.05, 3.63) is 144 Å². The number of carbonyl (C=O) groups excluding carboxylic acids is 1. The van der Waals surface area contributed by atoms with Crippen LogP contribution in [0.5, 0.6) is 0 Å². The van der Waals surface area contributed by atoms with Gasteiger partial charge in [0.1, 0.15) is 0 Å². The van der Waals surface area contributed by atoms with Gasteiger partial charge in [-0.05, 0) is 79.8 Å². The second kappa shape index (κ2) is 20.5. The Kier molecular flexibility index (Phi) is 19.9. The monoisotopic (exact) mass is 760 g/mol. The van der Waals surface area contributed by atoms with Gasteiger partial charge in [-0.15, -0.1) is 22.9 Å². The fourth-order valence-electron chi connectivity index (χ4n) is 2.30. The smallest absolute Gasteiger partial charge is 0.413 e. The van der Waals surface area contributed by atoms with E-state index in [2.05, 4.69) is 22.9 Å². The molecule has 45 heavy (non-hydrogen) atoms. The minimum atomic E-state index is -4.23. The molecule has 0 aromatic heterocycles. The first-order valence-electron chi connectivity index (χ1n) is 11.5. The van der Waals surface area contributed by atoms with Gasteiger partial charge in [0.25, 0.3) is 0 Å². The summed E-state index contributed by atoms with van der Waals surface area (Å²) in [6, 6.07) is 0. The molecule has 0 fully saturated rings. The Hall–Kier alpha value is -3.51. The molecule has 4 aliphatic carbocycles. The molecule has 0 aromatic carbocycles. The summed E-state index contributed by atoms with van der Waals surface area (Å²) in [5.41, 5.74) is 7.49. The summed E-state index contributed by atoms with van der Waals surface area (Å²) in [6.07, 6.45) is 0.892. The summed E-state index contributed by atoms with van der Waals surface area (Å²) >= 11 is 0. The van der Waals surface area contributed by atoms with E-state index in [0.717, 1.165) is 56.9 Å². The molecule has 0 N–H and O–H groups in total. The number of hydrogen-bond acceptors (Lipinski definition) is 2. The molecular weight excluding hydrogens is 742 g/mol. The van der Waals surface area contributed by atoms with Gasteiger partial charge in [-0.2, -0.15) is 52.7 Å². The van der Waals surface area contributed by atoms with Crippen LogP contribution in [0, 0.1) is 25.7 Å². The number of carbonyl (C=O) groups is 1. The number of alkyl halides is 12. The van der Waals surface area contributed by atoms with Crippen molar-refractivity contribution in [3.8, 4) is 0 Å². The molecule has 0 aromatic rings. The summed E-state index contributed by atoms with van der Waals surface area (Å²) in [7, 11) is 0. The predicted molar refractivity (Wildman–Crippen MR) is 141 cm³/mol. The number of halogens is 12. The van der Waals surface area contributed by atoms with Crippen molar-refractivity contribution in [1.82, 2.24) is 0 Å². The van der Waals surface area contributed by atoms with Crippen molar-refractivity contribution < 1.29 is 62.6 Å². The first kappa shape index (κ1) is 43.6. The summed E-state index contributed by atoms with van der Waals surface area (Å²) < 4.78 is 141. The van der Waals surface area contributed by atoms with Gasteiger partial charge in [-0.3, -0.25) is 0 Å². The van der Waals surface area contributed by atoms with Crippen molar-refractivity contribution in [1.29, 1.82) is 0 Å². The van der Waals surface area contributed by atoms with Crippen molar-refractivity contribution in [3.63, 3.8) is 0 Å². The molecule has 0 saturated heterocycles. The van der Waals surface area contributed by atoms with E-state index in [-0.39, 0.29) is 24.4 Å². The van der Waals surface area contributed by atoms with Crippen LogP contribution in [0.1, 0.15) is 6.92 Å². The van der Waals surface area contributed by atoms with Crippen molar-refractivity contribution in [2.45, 2.75) is 31.6 Å². The average Bonchev–Trinajstić information content (AvgIpc) is 2.94. The van der Waals surface area contributed by atoms with E-state index in [0.29, 0.717) is 0 Å². The maximum Gasteiger partial charge on any atom is 0.413 e. The van der Waals surface area contributed by atoms with E-state index in [1.807, 2.05) is 0 Å². The number of allylic oxidation sites excluding steroid dienone is 12. The first-order valence-corrected chi connectivity index (χ1v) is 11.5. The van der Waals surface area contributed by atoms with E-state index in [9.17, 15) is 52.7 Å². The molecule has 2 nitrogen and oxygen atoms in total. The third-order valence-electron chi connectivity index (χ3n) is 4.18. The van der Waals surface area contributed by atoms with Crippen LogP contribution in [-0.2, 0) is 4.79 Å². The first-order chi connectivity index (χ1) is 20.2. The third-order valence-corrected chi connectivity index (χ3v) is 4.18. The Morgan fingerprint density at radius 1 is 0.467 bits per heavy atom. The van der Waals surface area contributed by atoms with Crippen LogP contribution in [0.2, 0.25) is 0 Å². The Balaban J connectivity index is 0. The third kappa shape index (κ3) is 21.8. The summed E-state index contributed by atoms with van der Waals surface area (Å²) in [5, 5.41) is 8.89. The average molecular weight is 761 g/mol. The maximum absolute atomic E-state index is 11.8. The van der Waals surface area contributed by atoms with Gasteiger partial charge < -0.3 is 9.90 Å². The quantitative estimate of drug-likeness (QED) is 0.143. The standard InChI is InChI=1S/4C7H4F3.C2H4O2.Sb/c4*8-7(9,10)6-4-2-1-3-5-6;1-2(3)4;/h4*2-5H;1H3,(H,3,4);/p-1. The van der Waals surface area contributed by atoms with Gasteiger partial charge >= 0.3 is 24.7 Å². The topological polar surface area (TPSA) is 40.1 Å².